The summed E-state index contributed by atoms with van der Waals surface area (Å²) in [6.07, 6.45) is 6.06. The van der Waals surface area contributed by atoms with Crippen LogP contribution in [0.1, 0.15) is 24.8 Å². The molecule has 8 heteroatoms. The number of hydrogen-bond donors (Lipinski definition) is 3. The molecule has 1 aliphatic rings. The minimum atomic E-state index is -0.309. The van der Waals surface area contributed by atoms with E-state index in [4.69, 9.17) is 16.3 Å². The van der Waals surface area contributed by atoms with Gasteiger partial charge in [-0.2, -0.15) is 0 Å². The molecular weight excluding hydrogens is 459 g/mol. The van der Waals surface area contributed by atoms with E-state index in [9.17, 15) is 4.39 Å². The van der Waals surface area contributed by atoms with Crippen molar-refractivity contribution in [1.82, 2.24) is 19.9 Å². The van der Waals surface area contributed by atoms with Crippen molar-refractivity contribution in [3.8, 4) is 5.75 Å². The van der Waals surface area contributed by atoms with Crippen LogP contribution in [-0.2, 0) is 6.42 Å². The summed E-state index contributed by atoms with van der Waals surface area (Å²) in [7, 11) is 0. The van der Waals surface area contributed by atoms with Gasteiger partial charge in [0, 0.05) is 53.2 Å². The van der Waals surface area contributed by atoms with Crippen molar-refractivity contribution in [2.24, 2.45) is 0 Å². The fourth-order valence-electron chi connectivity index (χ4n) is 4.10. The summed E-state index contributed by atoms with van der Waals surface area (Å²) in [6.45, 7) is 6.68. The number of nitrogens with zero attached hydrogens (tertiary/aromatic N) is 1. The first-order valence-corrected chi connectivity index (χ1v) is 12.9. The van der Waals surface area contributed by atoms with Crippen LogP contribution in [0.4, 0.5) is 4.39 Å². The van der Waals surface area contributed by atoms with E-state index in [0.717, 1.165) is 74.0 Å². The molecule has 1 aromatic heterocycles. The number of rotatable bonds is 11. The average Bonchev–Trinajstić information content (AvgIpc) is 3.02. The molecule has 3 aromatic rings. The van der Waals surface area contributed by atoms with Gasteiger partial charge in [-0.1, -0.05) is 11.6 Å². The summed E-state index contributed by atoms with van der Waals surface area (Å²) < 4.78 is 23.4. The van der Waals surface area contributed by atoms with Crippen molar-refractivity contribution in [1.29, 1.82) is 0 Å². The number of H-pyrrole nitrogens is 1. The van der Waals surface area contributed by atoms with Crippen LogP contribution in [0.15, 0.2) is 47.5 Å². The number of benzene rings is 2. The number of hydrogen-bond acceptors (Lipinski definition) is 5. The zero-order valence-electron chi connectivity index (χ0n) is 18.8. The van der Waals surface area contributed by atoms with Gasteiger partial charge in [-0.05, 0) is 92.7 Å². The Morgan fingerprint density at radius 3 is 2.97 bits per heavy atom. The molecule has 2 aromatic carbocycles. The maximum Gasteiger partial charge on any atom is 0.166 e. The lowest BCUT2D eigenvalue weighted by Crippen LogP contribution is -2.29. The number of aryl methyl sites for hydroxylation is 1. The van der Waals surface area contributed by atoms with Gasteiger partial charge in [0.15, 0.2) is 11.6 Å². The van der Waals surface area contributed by atoms with Crippen LogP contribution in [0.5, 0.6) is 5.75 Å². The van der Waals surface area contributed by atoms with Crippen molar-refractivity contribution in [3.63, 3.8) is 0 Å². The van der Waals surface area contributed by atoms with Crippen LogP contribution in [0, 0.1) is 5.82 Å². The van der Waals surface area contributed by atoms with Gasteiger partial charge in [0.1, 0.15) is 0 Å². The minimum absolute atomic E-state index is 0.309. The third-order valence-corrected chi connectivity index (χ3v) is 6.93. The largest absolute Gasteiger partial charge is 0.490 e. The summed E-state index contributed by atoms with van der Waals surface area (Å²) in [4.78, 5) is 6.57. The summed E-state index contributed by atoms with van der Waals surface area (Å²) in [5, 5.41) is 5.34. The Hall–Kier alpha value is -1.77. The first-order chi connectivity index (χ1) is 16.2. The summed E-state index contributed by atoms with van der Waals surface area (Å²) in [5.74, 6) is 0.0197. The Labute approximate surface area is 204 Å². The van der Waals surface area contributed by atoms with Crippen LogP contribution in [-0.4, -0.2) is 55.8 Å². The molecule has 4 rings (SSSR count). The summed E-state index contributed by atoms with van der Waals surface area (Å²) in [5.41, 5.74) is 2.37. The molecule has 178 valence electrons. The predicted molar refractivity (Wildman–Crippen MR) is 136 cm³/mol. The number of aromatic nitrogens is 1. The maximum absolute atomic E-state index is 14.4. The van der Waals surface area contributed by atoms with Gasteiger partial charge in [0.05, 0.1) is 6.61 Å². The monoisotopic (exact) mass is 490 g/mol. The second-order valence-electron chi connectivity index (χ2n) is 8.34. The van der Waals surface area contributed by atoms with Crippen molar-refractivity contribution in [2.75, 3.05) is 45.9 Å². The van der Waals surface area contributed by atoms with Crippen molar-refractivity contribution in [2.45, 2.75) is 30.6 Å². The Bertz CT molecular complexity index is 1020. The summed E-state index contributed by atoms with van der Waals surface area (Å²) >= 11 is 7.57. The molecule has 0 radical (unpaired) electrons. The van der Waals surface area contributed by atoms with Gasteiger partial charge in [0.2, 0.25) is 0 Å². The van der Waals surface area contributed by atoms with Gasteiger partial charge in [0.25, 0.3) is 0 Å². The van der Waals surface area contributed by atoms with Crippen LogP contribution >= 0.6 is 23.5 Å². The molecule has 1 fully saturated rings. The van der Waals surface area contributed by atoms with E-state index in [1.807, 2.05) is 30.5 Å². The molecule has 0 saturated carbocycles. The molecule has 0 spiro atoms. The molecule has 1 aliphatic heterocycles. The molecule has 0 atom stereocenters. The maximum atomic E-state index is 14.4. The quantitative estimate of drug-likeness (QED) is 0.253. The van der Waals surface area contributed by atoms with E-state index in [2.05, 4.69) is 19.9 Å². The highest BCUT2D eigenvalue weighted by Crippen LogP contribution is 2.25. The molecule has 0 unspecified atom stereocenters. The lowest BCUT2D eigenvalue weighted by atomic mass is 10.1. The number of aromatic amines is 1. The van der Waals surface area contributed by atoms with Crippen molar-refractivity contribution in [3.05, 3.63) is 59.0 Å². The van der Waals surface area contributed by atoms with E-state index in [-0.39, 0.29) is 5.82 Å². The molecule has 0 bridgehead atoms. The van der Waals surface area contributed by atoms with Gasteiger partial charge >= 0.3 is 0 Å². The van der Waals surface area contributed by atoms with E-state index in [1.165, 1.54) is 35.4 Å². The van der Waals surface area contributed by atoms with E-state index in [0.29, 0.717) is 12.4 Å². The van der Waals surface area contributed by atoms with Crippen molar-refractivity contribution < 1.29 is 9.13 Å². The predicted octanol–water partition coefficient (Wildman–Crippen LogP) is 5.25. The highest BCUT2D eigenvalue weighted by Gasteiger charge is 2.09. The van der Waals surface area contributed by atoms with Crippen molar-refractivity contribution >= 4 is 34.5 Å². The van der Waals surface area contributed by atoms with Gasteiger partial charge in [-0.25, -0.2) is 4.39 Å². The molecule has 0 aliphatic carbocycles. The smallest absolute Gasteiger partial charge is 0.166 e. The van der Waals surface area contributed by atoms with Crippen LogP contribution in [0.3, 0.4) is 0 Å². The van der Waals surface area contributed by atoms with E-state index < -0.39 is 0 Å². The third kappa shape index (κ3) is 7.36. The third-order valence-electron chi connectivity index (χ3n) is 5.86. The minimum Gasteiger partial charge on any atom is -0.490 e. The van der Waals surface area contributed by atoms with Crippen LogP contribution < -0.4 is 14.8 Å². The Morgan fingerprint density at radius 1 is 1.12 bits per heavy atom. The number of fused-ring (bicyclic) bond motifs is 1. The summed E-state index contributed by atoms with van der Waals surface area (Å²) in [6, 6.07) is 11.1. The lowest BCUT2D eigenvalue weighted by molar-refractivity contribution is 0.238. The number of ether oxygens (including phenoxy) is 1. The van der Waals surface area contributed by atoms with E-state index >= 15 is 0 Å². The fourth-order valence-corrected chi connectivity index (χ4v) is 4.98. The molecule has 33 heavy (non-hydrogen) atoms. The number of nitrogens with one attached hydrogen (secondary N) is 3. The molecule has 2 heterocycles. The topological polar surface area (TPSA) is 52.3 Å². The van der Waals surface area contributed by atoms with Gasteiger partial charge in [-0.15, -0.1) is 0 Å². The second-order valence-corrected chi connectivity index (χ2v) is 9.74. The first-order valence-electron chi connectivity index (χ1n) is 11.7. The molecule has 1 saturated heterocycles. The fraction of sp³-hybridized carbons (Fsp3) is 0.440. The van der Waals surface area contributed by atoms with Crippen LogP contribution in [0.2, 0.25) is 5.02 Å². The second kappa shape index (κ2) is 12.6. The standard InChI is InChI=1S/C25H32ClFN4OS/c26-20-5-7-24-22(16-20)19(18-29-24)4-1-10-30-33-21-6-8-25(23(27)17-21)32-15-3-13-31-12-2-9-28-11-14-31/h5-8,16-18,28-30H,1-4,9-15H2. The molecule has 3 N–H and O–H groups in total. The van der Waals surface area contributed by atoms with E-state index in [1.54, 1.807) is 6.07 Å². The van der Waals surface area contributed by atoms with Gasteiger partial charge < -0.3 is 19.9 Å². The SMILES string of the molecule is Fc1cc(SNCCCc2c[nH]c3ccc(Cl)cc23)ccc1OCCCN1CCCNCC1. The number of halogens is 2. The zero-order chi connectivity index (χ0) is 22.9. The molecular formula is C25H32ClFN4OS. The average molecular weight is 491 g/mol. The van der Waals surface area contributed by atoms with Gasteiger partial charge in [-0.3, -0.25) is 4.72 Å². The first kappa shape index (κ1) is 24.4. The Balaban J connectivity index is 1.14. The van der Waals surface area contributed by atoms with Crippen LogP contribution in [0.25, 0.3) is 10.9 Å². The Kier molecular flexibility index (Phi) is 9.32. The normalized spacial score (nSPS) is 15.1. The lowest BCUT2D eigenvalue weighted by Gasteiger charge is -2.19. The highest BCUT2D eigenvalue weighted by atomic mass is 35.5. The Morgan fingerprint density at radius 2 is 2.06 bits per heavy atom. The highest BCUT2D eigenvalue weighted by molar-refractivity contribution is 7.97. The molecule has 0 amide bonds. The zero-order valence-corrected chi connectivity index (χ0v) is 20.4. The molecule has 5 nitrogen and oxygen atoms in total.